The molecule has 0 aliphatic rings. The molecule has 0 amide bonds. The molecule has 0 radical (unpaired) electrons. The van der Waals surface area contributed by atoms with Crippen molar-refractivity contribution in [3.8, 4) is 0 Å². The van der Waals surface area contributed by atoms with Gasteiger partial charge in [0.25, 0.3) is 0 Å². The number of hydrogen-bond acceptors (Lipinski definition) is 0. The molecular formula is C8H9BrClF. The first kappa shape index (κ1) is 10.9. The average Bonchev–Trinajstić information content (AvgIpc) is 2.02. The van der Waals surface area contributed by atoms with Gasteiger partial charge in [0.15, 0.2) is 0 Å². The molecule has 3 heteroatoms. The van der Waals surface area contributed by atoms with E-state index in [1.165, 1.54) is 12.1 Å². The topological polar surface area (TPSA) is 0 Å². The Hall–Kier alpha value is -0.0800. The number of rotatable bonds is 0. The lowest BCUT2D eigenvalue weighted by Crippen LogP contribution is -1.73. The van der Waals surface area contributed by atoms with E-state index in [1.807, 2.05) is 13.8 Å². The van der Waals surface area contributed by atoms with Crippen LogP contribution in [0.15, 0.2) is 22.7 Å². The van der Waals surface area contributed by atoms with Crippen molar-refractivity contribution < 1.29 is 4.39 Å². The summed E-state index contributed by atoms with van der Waals surface area (Å²) in [6, 6.07) is 4.51. The minimum atomic E-state index is -0.397. The van der Waals surface area contributed by atoms with Gasteiger partial charge in [-0.2, -0.15) is 0 Å². The third kappa shape index (κ3) is 3.73. The van der Waals surface area contributed by atoms with Crippen LogP contribution in [0.5, 0.6) is 0 Å². The van der Waals surface area contributed by atoms with Crippen LogP contribution in [-0.2, 0) is 0 Å². The van der Waals surface area contributed by atoms with E-state index >= 15 is 0 Å². The van der Waals surface area contributed by atoms with Crippen LogP contribution in [0.25, 0.3) is 0 Å². The van der Waals surface area contributed by atoms with Gasteiger partial charge in [-0.1, -0.05) is 41.4 Å². The van der Waals surface area contributed by atoms with Gasteiger partial charge in [-0.25, -0.2) is 4.39 Å². The zero-order valence-corrected chi connectivity index (χ0v) is 8.71. The predicted octanol–water partition coefficient (Wildman–Crippen LogP) is 4.27. The molecular weight excluding hydrogens is 230 g/mol. The summed E-state index contributed by atoms with van der Waals surface area (Å²) in [6.07, 6.45) is 0. The van der Waals surface area contributed by atoms with Gasteiger partial charge in [0.1, 0.15) is 5.82 Å². The minimum absolute atomic E-state index is 0.151. The van der Waals surface area contributed by atoms with E-state index in [-0.39, 0.29) is 5.02 Å². The van der Waals surface area contributed by atoms with Crippen molar-refractivity contribution in [3.63, 3.8) is 0 Å². The zero-order chi connectivity index (χ0) is 8.85. The smallest absolute Gasteiger partial charge is 0.142 e. The van der Waals surface area contributed by atoms with Gasteiger partial charge in [-0.3, -0.25) is 0 Å². The average molecular weight is 240 g/mol. The summed E-state index contributed by atoms with van der Waals surface area (Å²) in [5.41, 5.74) is 0. The van der Waals surface area contributed by atoms with Crippen LogP contribution in [0.3, 0.4) is 0 Å². The summed E-state index contributed by atoms with van der Waals surface area (Å²) in [6.45, 7) is 4.00. The molecule has 0 N–H and O–H groups in total. The minimum Gasteiger partial charge on any atom is -0.205 e. The first-order chi connectivity index (χ1) is 5.20. The maximum atomic E-state index is 12.4. The first-order valence-corrected chi connectivity index (χ1v) is 4.48. The van der Waals surface area contributed by atoms with Gasteiger partial charge in [0.05, 0.1) is 5.02 Å². The molecule has 1 aromatic rings. The van der Waals surface area contributed by atoms with Crippen LogP contribution < -0.4 is 0 Å². The van der Waals surface area contributed by atoms with Gasteiger partial charge in [-0.15, -0.1) is 0 Å². The van der Waals surface area contributed by atoms with E-state index in [2.05, 4.69) is 15.9 Å². The molecule has 1 rings (SSSR count). The number of benzene rings is 1. The molecule has 11 heavy (non-hydrogen) atoms. The van der Waals surface area contributed by atoms with E-state index < -0.39 is 5.82 Å². The highest BCUT2D eigenvalue weighted by Gasteiger charge is 1.96. The fourth-order valence-electron chi connectivity index (χ4n) is 0.470. The van der Waals surface area contributed by atoms with E-state index in [0.717, 1.165) is 0 Å². The van der Waals surface area contributed by atoms with Crippen LogP contribution in [0.1, 0.15) is 13.8 Å². The Labute approximate surface area is 79.5 Å². The maximum Gasteiger partial charge on any atom is 0.142 e. The van der Waals surface area contributed by atoms with Crippen molar-refractivity contribution in [1.82, 2.24) is 0 Å². The maximum absolute atomic E-state index is 12.4. The van der Waals surface area contributed by atoms with E-state index in [4.69, 9.17) is 11.6 Å². The second-order valence-electron chi connectivity index (χ2n) is 1.56. The molecule has 0 aromatic heterocycles. The van der Waals surface area contributed by atoms with Gasteiger partial charge < -0.3 is 0 Å². The number of hydrogen-bond donors (Lipinski definition) is 0. The Bertz CT molecular complexity index is 225. The standard InChI is InChI=1S/C6H3BrClF.C2H6/c7-4-1-2-5(8)6(9)3-4;1-2/h1-3H;1-2H3. The molecule has 0 heterocycles. The SMILES string of the molecule is CC.Fc1cc(Br)ccc1Cl. The summed E-state index contributed by atoms with van der Waals surface area (Å²) in [5, 5.41) is 0.151. The van der Waals surface area contributed by atoms with Crippen molar-refractivity contribution in [2.24, 2.45) is 0 Å². The molecule has 0 unspecified atom stereocenters. The summed E-state index contributed by atoms with van der Waals surface area (Å²) < 4.78 is 13.1. The first-order valence-electron chi connectivity index (χ1n) is 3.30. The molecule has 0 aliphatic heterocycles. The fraction of sp³-hybridized carbons (Fsp3) is 0.250. The third-order valence-electron chi connectivity index (χ3n) is 0.882. The fourth-order valence-corrected chi connectivity index (χ4v) is 0.921. The molecule has 0 atom stereocenters. The van der Waals surface area contributed by atoms with Crippen LogP contribution in [-0.4, -0.2) is 0 Å². The molecule has 62 valence electrons. The van der Waals surface area contributed by atoms with Crippen LogP contribution >= 0.6 is 27.5 Å². The second-order valence-corrected chi connectivity index (χ2v) is 2.88. The van der Waals surface area contributed by atoms with E-state index in [0.29, 0.717) is 4.47 Å². The molecule has 0 saturated carbocycles. The third-order valence-corrected chi connectivity index (χ3v) is 1.68. The Morgan fingerprint density at radius 2 is 1.91 bits per heavy atom. The Morgan fingerprint density at radius 1 is 1.36 bits per heavy atom. The molecule has 0 aliphatic carbocycles. The predicted molar refractivity (Wildman–Crippen MR) is 50.5 cm³/mol. The molecule has 1 aromatic carbocycles. The lowest BCUT2D eigenvalue weighted by molar-refractivity contribution is 0.627. The highest BCUT2D eigenvalue weighted by Crippen LogP contribution is 2.18. The largest absolute Gasteiger partial charge is 0.205 e. The molecule has 0 nitrogen and oxygen atoms in total. The second kappa shape index (κ2) is 5.56. The summed E-state index contributed by atoms with van der Waals surface area (Å²) in [5.74, 6) is -0.397. The number of halogens is 3. The lowest BCUT2D eigenvalue weighted by atomic mass is 10.3. The summed E-state index contributed by atoms with van der Waals surface area (Å²) in [7, 11) is 0. The normalized spacial score (nSPS) is 8.45. The van der Waals surface area contributed by atoms with Crippen LogP contribution in [0, 0.1) is 5.82 Å². The van der Waals surface area contributed by atoms with E-state index in [9.17, 15) is 4.39 Å². The van der Waals surface area contributed by atoms with Crippen LogP contribution in [0.4, 0.5) is 4.39 Å². The van der Waals surface area contributed by atoms with Crippen LogP contribution in [0.2, 0.25) is 5.02 Å². The van der Waals surface area contributed by atoms with Gasteiger partial charge >= 0.3 is 0 Å². The lowest BCUT2D eigenvalue weighted by Gasteiger charge is -1.91. The Kier molecular flexibility index (Phi) is 5.51. The van der Waals surface area contributed by atoms with Crippen molar-refractivity contribution in [2.75, 3.05) is 0 Å². The zero-order valence-electron chi connectivity index (χ0n) is 6.37. The van der Waals surface area contributed by atoms with Crippen molar-refractivity contribution in [1.29, 1.82) is 0 Å². The van der Waals surface area contributed by atoms with Crippen molar-refractivity contribution in [2.45, 2.75) is 13.8 Å². The van der Waals surface area contributed by atoms with E-state index in [1.54, 1.807) is 6.07 Å². The Morgan fingerprint density at radius 3 is 2.27 bits per heavy atom. The molecule has 0 saturated heterocycles. The summed E-state index contributed by atoms with van der Waals surface area (Å²) >= 11 is 8.48. The quantitative estimate of drug-likeness (QED) is 0.593. The molecule has 0 spiro atoms. The highest BCUT2D eigenvalue weighted by molar-refractivity contribution is 9.10. The summed E-state index contributed by atoms with van der Waals surface area (Å²) in [4.78, 5) is 0. The van der Waals surface area contributed by atoms with Gasteiger partial charge in [-0.05, 0) is 18.2 Å². The van der Waals surface area contributed by atoms with Gasteiger partial charge in [0, 0.05) is 4.47 Å². The monoisotopic (exact) mass is 238 g/mol. The van der Waals surface area contributed by atoms with Gasteiger partial charge in [0.2, 0.25) is 0 Å². The molecule has 0 fully saturated rings. The van der Waals surface area contributed by atoms with Crippen molar-refractivity contribution in [3.05, 3.63) is 33.5 Å². The highest BCUT2D eigenvalue weighted by atomic mass is 79.9. The Balaban J connectivity index is 0.000000461. The molecule has 0 bridgehead atoms. The van der Waals surface area contributed by atoms with Crippen molar-refractivity contribution >= 4 is 27.5 Å².